The first kappa shape index (κ1) is 17.0. The van der Waals surface area contributed by atoms with Crippen molar-refractivity contribution in [3.8, 4) is 0 Å². The lowest BCUT2D eigenvalue weighted by molar-refractivity contribution is 0.248. The van der Waals surface area contributed by atoms with Gasteiger partial charge in [0.05, 0.1) is 4.90 Å². The Labute approximate surface area is 146 Å². The number of rotatable bonds is 4. The van der Waals surface area contributed by atoms with Gasteiger partial charge in [-0.25, -0.2) is 13.2 Å². The summed E-state index contributed by atoms with van der Waals surface area (Å²) in [5.74, 6) is 0. The van der Waals surface area contributed by atoms with Crippen LogP contribution in [0, 0.1) is 6.92 Å². The molecule has 0 heterocycles. The molecule has 128 valence electrons. The van der Waals surface area contributed by atoms with Gasteiger partial charge in [0.25, 0.3) is 0 Å². The molecule has 0 radical (unpaired) electrons. The summed E-state index contributed by atoms with van der Waals surface area (Å²) >= 11 is 0. The van der Waals surface area contributed by atoms with Crippen molar-refractivity contribution in [1.29, 1.82) is 0 Å². The zero-order valence-corrected chi connectivity index (χ0v) is 14.5. The Hall–Kier alpha value is -2.86. The van der Waals surface area contributed by atoms with Gasteiger partial charge in [-0.1, -0.05) is 54.1 Å². The average Bonchev–Trinajstić information content (AvgIpc) is 2.59. The summed E-state index contributed by atoms with van der Waals surface area (Å²) in [7, 11) is -3.85. The van der Waals surface area contributed by atoms with Gasteiger partial charge in [-0.05, 0) is 41.5 Å². The largest absolute Gasteiger partial charge is 0.352 e. The number of nitrogens with two attached hydrogens (primary N) is 1. The van der Waals surface area contributed by atoms with Gasteiger partial charge in [-0.2, -0.15) is 0 Å². The first-order valence-electron chi connectivity index (χ1n) is 7.73. The van der Waals surface area contributed by atoms with Crippen molar-refractivity contribution in [3.05, 3.63) is 77.9 Å². The molecule has 0 aliphatic heterocycles. The summed E-state index contributed by atoms with van der Waals surface area (Å²) in [5, 5.41) is 2.98. The van der Waals surface area contributed by atoms with Crippen molar-refractivity contribution in [1.82, 2.24) is 5.32 Å². The van der Waals surface area contributed by atoms with Crippen LogP contribution in [0.1, 0.15) is 16.5 Å². The zero-order chi connectivity index (χ0) is 18.0. The Kier molecular flexibility index (Phi) is 4.46. The lowest BCUT2D eigenvalue weighted by atomic mass is 10.1. The summed E-state index contributed by atoms with van der Waals surface area (Å²) in [6.45, 7) is 1.87. The van der Waals surface area contributed by atoms with Crippen LogP contribution in [0.25, 0.3) is 10.8 Å². The molecule has 3 rings (SSSR count). The molecule has 5 nitrogen and oxygen atoms in total. The summed E-state index contributed by atoms with van der Waals surface area (Å²) in [5.41, 5.74) is 6.63. The lowest BCUT2D eigenvalue weighted by Crippen LogP contribution is -2.37. The SMILES string of the molecule is Cc1ccc(S(=O)(=O)C(NC(N)=O)c2ccc3ccccc3c2)cc1. The van der Waals surface area contributed by atoms with Gasteiger partial charge >= 0.3 is 6.03 Å². The number of carbonyl (C=O) groups is 1. The molecule has 0 fully saturated rings. The number of amides is 2. The maximum atomic E-state index is 13.0. The van der Waals surface area contributed by atoms with E-state index in [1.54, 1.807) is 24.3 Å². The van der Waals surface area contributed by atoms with Crippen LogP contribution < -0.4 is 11.1 Å². The molecular formula is C19H18N2O3S. The van der Waals surface area contributed by atoms with Gasteiger partial charge in [0.15, 0.2) is 5.37 Å². The van der Waals surface area contributed by atoms with E-state index in [1.807, 2.05) is 37.3 Å². The summed E-state index contributed by atoms with van der Waals surface area (Å²) < 4.78 is 26.1. The van der Waals surface area contributed by atoms with Crippen molar-refractivity contribution in [2.45, 2.75) is 17.2 Å². The third-order valence-corrected chi connectivity index (χ3v) is 5.95. The van der Waals surface area contributed by atoms with E-state index >= 15 is 0 Å². The van der Waals surface area contributed by atoms with E-state index in [0.717, 1.165) is 16.3 Å². The van der Waals surface area contributed by atoms with E-state index in [4.69, 9.17) is 5.73 Å². The fraction of sp³-hybridized carbons (Fsp3) is 0.105. The van der Waals surface area contributed by atoms with Gasteiger partial charge < -0.3 is 11.1 Å². The van der Waals surface area contributed by atoms with Crippen LogP contribution in [0.5, 0.6) is 0 Å². The number of sulfone groups is 1. The maximum absolute atomic E-state index is 13.0. The molecule has 2 amide bonds. The minimum Gasteiger partial charge on any atom is -0.352 e. The van der Waals surface area contributed by atoms with Gasteiger partial charge in [-0.15, -0.1) is 0 Å². The van der Waals surface area contributed by atoms with Gasteiger partial charge in [-0.3, -0.25) is 0 Å². The van der Waals surface area contributed by atoms with E-state index in [-0.39, 0.29) is 4.90 Å². The quantitative estimate of drug-likeness (QED) is 0.753. The highest BCUT2D eigenvalue weighted by Gasteiger charge is 2.30. The Morgan fingerprint density at radius 1 is 0.960 bits per heavy atom. The lowest BCUT2D eigenvalue weighted by Gasteiger charge is -2.19. The molecule has 0 aliphatic rings. The van der Waals surface area contributed by atoms with Gasteiger partial charge in [0, 0.05) is 0 Å². The Morgan fingerprint density at radius 2 is 1.60 bits per heavy atom. The minimum atomic E-state index is -3.85. The maximum Gasteiger partial charge on any atom is 0.313 e. The number of primary amides is 1. The Morgan fingerprint density at radius 3 is 2.24 bits per heavy atom. The smallest absolute Gasteiger partial charge is 0.313 e. The summed E-state index contributed by atoms with van der Waals surface area (Å²) in [6.07, 6.45) is 0. The molecule has 0 spiro atoms. The van der Waals surface area contributed by atoms with E-state index in [9.17, 15) is 13.2 Å². The Bertz CT molecular complexity index is 1030. The second-order valence-electron chi connectivity index (χ2n) is 5.85. The van der Waals surface area contributed by atoms with Crippen molar-refractivity contribution in [2.75, 3.05) is 0 Å². The van der Waals surface area contributed by atoms with Crippen LogP contribution in [-0.4, -0.2) is 14.4 Å². The van der Waals surface area contributed by atoms with Crippen LogP contribution in [-0.2, 0) is 9.84 Å². The molecule has 0 saturated carbocycles. The van der Waals surface area contributed by atoms with Gasteiger partial charge in [0.2, 0.25) is 9.84 Å². The van der Waals surface area contributed by atoms with Crippen LogP contribution in [0.4, 0.5) is 4.79 Å². The second kappa shape index (κ2) is 6.57. The first-order chi connectivity index (χ1) is 11.9. The molecule has 3 N–H and O–H groups in total. The van der Waals surface area contributed by atoms with E-state index < -0.39 is 21.2 Å². The summed E-state index contributed by atoms with van der Waals surface area (Å²) in [4.78, 5) is 11.6. The van der Waals surface area contributed by atoms with E-state index in [0.29, 0.717) is 5.56 Å². The molecule has 1 atom stereocenters. The molecule has 6 heteroatoms. The first-order valence-corrected chi connectivity index (χ1v) is 9.28. The minimum absolute atomic E-state index is 0.130. The predicted octanol–water partition coefficient (Wildman–Crippen LogP) is 3.29. The number of aryl methyl sites for hydroxylation is 1. The number of nitrogens with one attached hydrogen (secondary N) is 1. The highest BCUT2D eigenvalue weighted by atomic mass is 32.2. The van der Waals surface area contributed by atoms with Crippen molar-refractivity contribution < 1.29 is 13.2 Å². The molecule has 0 aliphatic carbocycles. The molecule has 0 bridgehead atoms. The van der Waals surface area contributed by atoms with Crippen molar-refractivity contribution in [2.24, 2.45) is 5.73 Å². The second-order valence-corrected chi connectivity index (χ2v) is 7.89. The van der Waals surface area contributed by atoms with Crippen molar-refractivity contribution in [3.63, 3.8) is 0 Å². The fourth-order valence-corrected chi connectivity index (χ4v) is 4.27. The van der Waals surface area contributed by atoms with E-state index in [2.05, 4.69) is 5.32 Å². The monoisotopic (exact) mass is 354 g/mol. The van der Waals surface area contributed by atoms with Crippen LogP contribution in [0.2, 0.25) is 0 Å². The molecule has 3 aromatic rings. The molecule has 1 unspecified atom stereocenters. The van der Waals surface area contributed by atoms with Crippen LogP contribution >= 0.6 is 0 Å². The number of benzene rings is 3. The van der Waals surface area contributed by atoms with Gasteiger partial charge in [0.1, 0.15) is 0 Å². The highest BCUT2D eigenvalue weighted by molar-refractivity contribution is 7.91. The zero-order valence-electron chi connectivity index (χ0n) is 13.6. The summed E-state index contributed by atoms with van der Waals surface area (Å²) in [6, 6.07) is 18.5. The third kappa shape index (κ3) is 3.49. The number of hydrogen-bond acceptors (Lipinski definition) is 3. The highest BCUT2D eigenvalue weighted by Crippen LogP contribution is 2.29. The molecule has 0 saturated heterocycles. The van der Waals surface area contributed by atoms with Crippen LogP contribution in [0.15, 0.2) is 71.6 Å². The number of hydrogen-bond donors (Lipinski definition) is 2. The average molecular weight is 354 g/mol. The number of carbonyl (C=O) groups excluding carboxylic acids is 1. The molecule has 25 heavy (non-hydrogen) atoms. The van der Waals surface area contributed by atoms with Crippen molar-refractivity contribution >= 4 is 26.6 Å². The third-order valence-electron chi connectivity index (χ3n) is 4.01. The topological polar surface area (TPSA) is 89.3 Å². The molecule has 0 aromatic heterocycles. The van der Waals surface area contributed by atoms with E-state index in [1.165, 1.54) is 12.1 Å². The molecular weight excluding hydrogens is 336 g/mol. The standard InChI is InChI=1S/C19H18N2O3S/c1-13-6-10-17(11-7-13)25(23,24)18(21-19(20)22)16-9-8-14-4-2-3-5-15(14)12-16/h2-12,18H,1H3,(H3,20,21,22). The Balaban J connectivity index is 2.12. The fourth-order valence-electron chi connectivity index (χ4n) is 2.70. The predicted molar refractivity (Wildman–Crippen MR) is 97.8 cm³/mol. The normalized spacial score (nSPS) is 12.7. The van der Waals surface area contributed by atoms with Crippen LogP contribution in [0.3, 0.4) is 0 Å². The molecule has 3 aromatic carbocycles. The number of urea groups is 1. The number of fused-ring (bicyclic) bond motifs is 1.